The van der Waals surface area contributed by atoms with Gasteiger partial charge in [-0.25, -0.2) is 4.39 Å². The van der Waals surface area contributed by atoms with Crippen LogP contribution in [0.4, 0.5) is 23.2 Å². The zero-order valence-electron chi connectivity index (χ0n) is 23.1. The largest absolute Gasteiger partial charge is 0.406 e. The maximum atomic E-state index is 14.9. The molecule has 1 N–H and O–H groups in total. The molecule has 0 aliphatic carbocycles. The number of aryl methyl sites for hydroxylation is 1. The van der Waals surface area contributed by atoms with Gasteiger partial charge in [0.25, 0.3) is 11.5 Å². The number of carbonyl (C=O) groups is 1. The molecule has 40 heavy (non-hydrogen) atoms. The van der Waals surface area contributed by atoms with Crippen LogP contribution in [0, 0.1) is 11.7 Å². The van der Waals surface area contributed by atoms with E-state index in [9.17, 15) is 27.2 Å². The molecule has 0 saturated carbocycles. The van der Waals surface area contributed by atoms with Crippen molar-refractivity contribution in [3.63, 3.8) is 0 Å². The molecular weight excluding hydrogens is 528 g/mol. The minimum absolute atomic E-state index is 0.212. The minimum atomic E-state index is -4.64. The molecule has 1 atom stereocenters. The number of rotatable bonds is 8. The third-order valence-electron chi connectivity index (χ3n) is 7.24. The molecule has 1 amide bonds. The first kappa shape index (κ1) is 29.4. The van der Waals surface area contributed by atoms with Crippen molar-refractivity contribution in [1.82, 2.24) is 24.2 Å². The van der Waals surface area contributed by atoms with Gasteiger partial charge >= 0.3 is 6.18 Å². The second-order valence-corrected chi connectivity index (χ2v) is 11.4. The van der Waals surface area contributed by atoms with E-state index in [-0.39, 0.29) is 5.69 Å². The van der Waals surface area contributed by atoms with Gasteiger partial charge in [-0.2, -0.15) is 13.2 Å². The van der Waals surface area contributed by atoms with E-state index in [1.165, 1.54) is 30.5 Å². The third-order valence-corrected chi connectivity index (χ3v) is 7.24. The summed E-state index contributed by atoms with van der Waals surface area (Å²) in [6.45, 7) is 6.14. The van der Waals surface area contributed by atoms with Crippen molar-refractivity contribution < 1.29 is 22.4 Å². The van der Waals surface area contributed by atoms with Gasteiger partial charge in [0.2, 0.25) is 0 Å². The first-order chi connectivity index (χ1) is 18.7. The Labute approximate surface area is 230 Å². The summed E-state index contributed by atoms with van der Waals surface area (Å²) < 4.78 is 57.0. The summed E-state index contributed by atoms with van der Waals surface area (Å²) in [4.78, 5) is 28.3. The normalized spacial score (nSPS) is 16.8. The van der Waals surface area contributed by atoms with Crippen LogP contribution in [0.3, 0.4) is 0 Å². The minimum Gasteiger partial charge on any atom is -0.322 e. The van der Waals surface area contributed by atoms with Crippen molar-refractivity contribution in [3.8, 4) is 0 Å². The molecular formula is C28H34F4N6O2. The average molecular weight is 563 g/mol. The number of alkyl halides is 3. The molecule has 0 bridgehead atoms. The highest BCUT2D eigenvalue weighted by Gasteiger charge is 2.31. The molecule has 1 aromatic carbocycles. The van der Waals surface area contributed by atoms with E-state index in [1.807, 2.05) is 13.8 Å². The zero-order chi connectivity index (χ0) is 29.2. The van der Waals surface area contributed by atoms with Crippen LogP contribution in [0.5, 0.6) is 0 Å². The summed E-state index contributed by atoms with van der Waals surface area (Å²) in [6.07, 6.45) is 0.483. The van der Waals surface area contributed by atoms with E-state index in [0.717, 1.165) is 25.9 Å². The lowest BCUT2D eigenvalue weighted by Gasteiger charge is -2.31. The van der Waals surface area contributed by atoms with Crippen LogP contribution in [0.2, 0.25) is 0 Å². The number of hydrogen-bond acceptors (Lipinski definition) is 5. The number of pyridine rings is 1. The summed E-state index contributed by atoms with van der Waals surface area (Å²) in [7, 11) is 1.78. The molecule has 3 heterocycles. The Bertz CT molecular complexity index is 1430. The van der Waals surface area contributed by atoms with Gasteiger partial charge in [-0.1, -0.05) is 20.8 Å². The van der Waals surface area contributed by atoms with Gasteiger partial charge in [-0.05, 0) is 66.1 Å². The molecule has 0 spiro atoms. The molecule has 1 aliphatic heterocycles. The number of benzene rings is 1. The van der Waals surface area contributed by atoms with Gasteiger partial charge in [0.1, 0.15) is 30.1 Å². The molecule has 3 aromatic rings. The molecule has 2 aromatic heterocycles. The first-order valence-corrected chi connectivity index (χ1v) is 13.2. The Morgan fingerprint density at radius 1 is 1.20 bits per heavy atom. The predicted molar refractivity (Wildman–Crippen MR) is 143 cm³/mol. The van der Waals surface area contributed by atoms with Crippen LogP contribution < -0.4 is 10.9 Å². The quantitative estimate of drug-likeness (QED) is 0.403. The zero-order valence-corrected chi connectivity index (χ0v) is 23.1. The SMILES string of the molecule is C[C@H]1CCCN(Cc2cc(C(=O)Nc3ccc(F)c(C(C)(C)Cc4nncn4C)c3)c(=O)n(CC(F)(F)F)c2)C1. The van der Waals surface area contributed by atoms with Crippen molar-refractivity contribution in [1.29, 1.82) is 0 Å². The number of aromatic nitrogens is 4. The lowest BCUT2D eigenvalue weighted by atomic mass is 9.80. The number of anilines is 1. The second kappa shape index (κ2) is 11.5. The van der Waals surface area contributed by atoms with E-state index in [0.29, 0.717) is 40.4 Å². The fourth-order valence-electron chi connectivity index (χ4n) is 5.22. The van der Waals surface area contributed by atoms with Crippen LogP contribution in [0.25, 0.3) is 0 Å². The summed E-state index contributed by atoms with van der Waals surface area (Å²) >= 11 is 0. The van der Waals surface area contributed by atoms with Crippen molar-refractivity contribution in [2.24, 2.45) is 13.0 Å². The predicted octanol–water partition coefficient (Wildman–Crippen LogP) is 4.68. The van der Waals surface area contributed by atoms with Crippen molar-refractivity contribution in [2.75, 3.05) is 18.4 Å². The summed E-state index contributed by atoms with van der Waals surface area (Å²) in [5, 5.41) is 10.5. The van der Waals surface area contributed by atoms with Crippen molar-refractivity contribution >= 4 is 11.6 Å². The van der Waals surface area contributed by atoms with Gasteiger partial charge < -0.3 is 14.5 Å². The number of hydrogen-bond donors (Lipinski definition) is 1. The Morgan fingerprint density at radius 3 is 2.60 bits per heavy atom. The van der Waals surface area contributed by atoms with Crippen LogP contribution in [-0.4, -0.2) is 49.4 Å². The summed E-state index contributed by atoms with van der Waals surface area (Å²) in [5.41, 5.74) is -1.24. The fourth-order valence-corrected chi connectivity index (χ4v) is 5.22. The third kappa shape index (κ3) is 7.15. The van der Waals surface area contributed by atoms with E-state index in [2.05, 4.69) is 27.3 Å². The highest BCUT2D eigenvalue weighted by Crippen LogP contribution is 2.31. The lowest BCUT2D eigenvalue weighted by molar-refractivity contribution is -0.141. The standard InChI is InChI=1S/C28H34F4N6O2/c1-18-6-5-9-37(13-18)14-19-10-21(26(40)38(15-19)16-28(30,31)32)25(39)34-20-7-8-23(29)22(11-20)27(2,3)12-24-35-33-17-36(24)4/h7-8,10-11,15,17-18H,5-6,9,12-14,16H2,1-4H3,(H,34,39)/t18-/m0/s1. The van der Waals surface area contributed by atoms with E-state index >= 15 is 0 Å². The van der Waals surface area contributed by atoms with Crippen LogP contribution in [0.1, 0.15) is 60.9 Å². The number of carbonyl (C=O) groups excluding carboxylic acids is 1. The fraction of sp³-hybridized carbons (Fsp3) is 0.500. The van der Waals surface area contributed by atoms with Crippen LogP contribution in [0.15, 0.2) is 41.6 Å². The highest BCUT2D eigenvalue weighted by molar-refractivity contribution is 6.04. The maximum absolute atomic E-state index is 14.9. The molecule has 1 fully saturated rings. The number of nitrogens with zero attached hydrogens (tertiary/aromatic N) is 5. The Morgan fingerprint density at radius 2 is 1.95 bits per heavy atom. The van der Waals surface area contributed by atoms with Gasteiger partial charge in [0.15, 0.2) is 0 Å². The highest BCUT2D eigenvalue weighted by atomic mass is 19.4. The smallest absolute Gasteiger partial charge is 0.322 e. The molecule has 8 nitrogen and oxygen atoms in total. The monoisotopic (exact) mass is 562 g/mol. The topological polar surface area (TPSA) is 85.1 Å². The maximum Gasteiger partial charge on any atom is 0.406 e. The molecule has 216 valence electrons. The van der Waals surface area contributed by atoms with Gasteiger partial charge in [0, 0.05) is 38.4 Å². The number of halogens is 4. The van der Waals surface area contributed by atoms with Gasteiger partial charge in [-0.15, -0.1) is 10.2 Å². The number of likely N-dealkylation sites (tertiary alicyclic amines) is 1. The van der Waals surface area contributed by atoms with Gasteiger partial charge in [0.05, 0.1) is 0 Å². The Balaban J connectivity index is 1.63. The van der Waals surface area contributed by atoms with Crippen molar-refractivity contribution in [3.05, 3.63) is 75.5 Å². The molecule has 4 rings (SSSR count). The van der Waals surface area contributed by atoms with E-state index in [4.69, 9.17) is 0 Å². The summed E-state index contributed by atoms with van der Waals surface area (Å²) in [5.74, 6) is -0.263. The van der Waals surface area contributed by atoms with E-state index in [1.54, 1.807) is 17.9 Å². The average Bonchev–Trinajstić information content (AvgIpc) is 3.24. The molecule has 0 radical (unpaired) electrons. The van der Waals surface area contributed by atoms with Gasteiger partial charge in [-0.3, -0.25) is 14.5 Å². The Kier molecular flexibility index (Phi) is 8.48. The first-order valence-electron chi connectivity index (χ1n) is 13.2. The lowest BCUT2D eigenvalue weighted by Crippen LogP contribution is -2.36. The van der Waals surface area contributed by atoms with Crippen LogP contribution >= 0.6 is 0 Å². The van der Waals surface area contributed by atoms with Crippen LogP contribution in [-0.2, 0) is 32.0 Å². The molecule has 12 heteroatoms. The molecule has 1 saturated heterocycles. The second-order valence-electron chi connectivity index (χ2n) is 11.4. The van der Waals surface area contributed by atoms with E-state index < -0.39 is 41.0 Å². The number of piperidine rings is 1. The molecule has 0 unspecified atom stereocenters. The summed E-state index contributed by atoms with van der Waals surface area (Å²) in [6, 6.07) is 5.38. The van der Waals surface area contributed by atoms with Crippen molar-refractivity contribution in [2.45, 2.75) is 64.7 Å². The number of amides is 1. The molecule has 1 aliphatic rings. The Hall–Kier alpha value is -3.54. The number of nitrogens with one attached hydrogen (secondary N) is 1.